The van der Waals surface area contributed by atoms with E-state index in [1.165, 1.54) is 0 Å². The number of rotatable bonds is 11. The molecular formula is C22H35ClN2O4. The highest BCUT2D eigenvalue weighted by molar-refractivity contribution is 6.30. The van der Waals surface area contributed by atoms with Crippen molar-refractivity contribution in [2.24, 2.45) is 0 Å². The van der Waals surface area contributed by atoms with Crippen LogP contribution in [0.2, 0.25) is 5.02 Å². The average Bonchev–Trinajstić information content (AvgIpc) is 2.74. The van der Waals surface area contributed by atoms with Crippen LogP contribution in [0.15, 0.2) is 24.3 Å². The van der Waals surface area contributed by atoms with E-state index in [1.807, 2.05) is 7.05 Å². The Morgan fingerprint density at radius 3 is 2.41 bits per heavy atom. The van der Waals surface area contributed by atoms with Crippen LogP contribution >= 0.6 is 11.6 Å². The minimum atomic E-state index is -0.326. The van der Waals surface area contributed by atoms with Crippen LogP contribution in [0.1, 0.15) is 39.0 Å². The number of hydrogen-bond acceptors (Lipinski definition) is 5. The Hall–Kier alpha value is -1.34. The maximum absolute atomic E-state index is 12.4. The molecule has 1 fully saturated rings. The first-order chi connectivity index (χ1) is 14.0. The molecule has 1 aromatic carbocycles. The predicted molar refractivity (Wildman–Crippen MR) is 116 cm³/mol. The summed E-state index contributed by atoms with van der Waals surface area (Å²) in [5.41, 5.74) is 0. The number of hydrogen-bond donors (Lipinski definition) is 0. The van der Waals surface area contributed by atoms with Gasteiger partial charge in [-0.25, -0.2) is 4.79 Å². The van der Waals surface area contributed by atoms with Crippen molar-refractivity contribution in [1.82, 2.24) is 9.80 Å². The molecule has 1 aliphatic carbocycles. The van der Waals surface area contributed by atoms with Gasteiger partial charge in [0.2, 0.25) is 0 Å². The molecule has 1 amide bonds. The van der Waals surface area contributed by atoms with Crippen LogP contribution in [0.5, 0.6) is 5.75 Å². The molecule has 0 spiro atoms. The van der Waals surface area contributed by atoms with Gasteiger partial charge >= 0.3 is 6.09 Å². The van der Waals surface area contributed by atoms with E-state index in [4.69, 9.17) is 25.8 Å². The smallest absolute Gasteiger partial charge is 0.410 e. The molecule has 0 heterocycles. The van der Waals surface area contributed by atoms with Crippen molar-refractivity contribution in [1.29, 1.82) is 0 Å². The Kier molecular flexibility index (Phi) is 10.8. The third kappa shape index (κ3) is 8.51. The number of benzene rings is 1. The van der Waals surface area contributed by atoms with E-state index in [0.717, 1.165) is 65.0 Å². The molecule has 29 heavy (non-hydrogen) atoms. The highest BCUT2D eigenvalue weighted by atomic mass is 35.5. The van der Waals surface area contributed by atoms with E-state index in [1.54, 1.807) is 36.3 Å². The number of carbonyl (C=O) groups is 1. The molecule has 0 N–H and O–H groups in total. The number of methoxy groups -OCH3 is 1. The Morgan fingerprint density at radius 2 is 1.79 bits per heavy atom. The molecule has 0 aliphatic heterocycles. The first-order valence-electron chi connectivity index (χ1n) is 10.6. The van der Waals surface area contributed by atoms with Crippen LogP contribution in [-0.4, -0.2) is 75.0 Å². The highest BCUT2D eigenvalue weighted by Gasteiger charge is 2.28. The molecule has 0 atom stereocenters. The van der Waals surface area contributed by atoms with Gasteiger partial charge in [-0.15, -0.1) is 0 Å². The summed E-state index contributed by atoms with van der Waals surface area (Å²) in [5, 5.41) is 0.619. The summed E-state index contributed by atoms with van der Waals surface area (Å²) in [6.45, 7) is 6.77. The van der Waals surface area contributed by atoms with Gasteiger partial charge in [-0.2, -0.15) is 0 Å². The fourth-order valence-electron chi connectivity index (χ4n) is 3.61. The monoisotopic (exact) mass is 426 g/mol. The normalized spacial score (nSPS) is 19.3. The van der Waals surface area contributed by atoms with Gasteiger partial charge in [0.25, 0.3) is 0 Å². The molecule has 164 valence electrons. The molecular weight excluding hydrogens is 392 g/mol. The van der Waals surface area contributed by atoms with Crippen LogP contribution < -0.4 is 4.74 Å². The lowest BCUT2D eigenvalue weighted by atomic mass is 9.92. The summed E-state index contributed by atoms with van der Waals surface area (Å²) in [6, 6.07) is 7.02. The number of nitrogens with zero attached hydrogens (tertiary/aromatic N) is 2. The second-order valence-electron chi connectivity index (χ2n) is 7.51. The molecule has 1 aromatic rings. The summed E-state index contributed by atoms with van der Waals surface area (Å²) in [5.74, 6) is 0.509. The third-order valence-corrected chi connectivity index (χ3v) is 5.78. The molecule has 2 rings (SSSR count). The SMILES string of the molecule is CCN(CCCO[C@H]1CC[C@H](N(C)C(=O)Oc2ccc(Cl)cc2)CC1)CCOC. The molecule has 0 saturated heterocycles. The van der Waals surface area contributed by atoms with Gasteiger partial charge in [0.05, 0.1) is 12.7 Å². The van der Waals surface area contributed by atoms with E-state index < -0.39 is 0 Å². The summed E-state index contributed by atoms with van der Waals surface area (Å²) in [4.78, 5) is 16.5. The maximum atomic E-state index is 12.4. The van der Waals surface area contributed by atoms with Gasteiger partial charge in [0, 0.05) is 44.9 Å². The summed E-state index contributed by atoms with van der Waals surface area (Å²) < 4.78 is 16.7. The zero-order valence-electron chi connectivity index (χ0n) is 17.9. The Bertz CT molecular complexity index is 591. The van der Waals surface area contributed by atoms with E-state index in [0.29, 0.717) is 16.9 Å². The van der Waals surface area contributed by atoms with E-state index in [9.17, 15) is 4.79 Å². The topological polar surface area (TPSA) is 51.2 Å². The second-order valence-corrected chi connectivity index (χ2v) is 7.95. The van der Waals surface area contributed by atoms with Crippen molar-refractivity contribution >= 4 is 17.7 Å². The molecule has 0 unspecified atom stereocenters. The largest absolute Gasteiger partial charge is 0.415 e. The lowest BCUT2D eigenvalue weighted by Gasteiger charge is -2.34. The van der Waals surface area contributed by atoms with Crippen LogP contribution in [-0.2, 0) is 9.47 Å². The summed E-state index contributed by atoms with van der Waals surface area (Å²) >= 11 is 5.86. The minimum absolute atomic E-state index is 0.194. The lowest BCUT2D eigenvalue weighted by molar-refractivity contribution is 0.00794. The molecule has 1 saturated carbocycles. The van der Waals surface area contributed by atoms with Crippen LogP contribution in [0.4, 0.5) is 4.79 Å². The first kappa shape index (κ1) is 23.9. The molecule has 7 heteroatoms. The number of likely N-dealkylation sites (N-methyl/N-ethyl adjacent to an activating group) is 1. The van der Waals surface area contributed by atoms with Gasteiger partial charge in [0.1, 0.15) is 5.75 Å². The van der Waals surface area contributed by atoms with Crippen LogP contribution in [0, 0.1) is 0 Å². The number of carbonyl (C=O) groups excluding carboxylic acids is 1. The third-order valence-electron chi connectivity index (χ3n) is 5.53. The van der Waals surface area contributed by atoms with Crippen molar-refractivity contribution in [2.75, 3.05) is 47.0 Å². The van der Waals surface area contributed by atoms with Gasteiger partial charge in [-0.3, -0.25) is 0 Å². The zero-order valence-corrected chi connectivity index (χ0v) is 18.7. The van der Waals surface area contributed by atoms with Gasteiger partial charge < -0.3 is 24.0 Å². The highest BCUT2D eigenvalue weighted by Crippen LogP contribution is 2.25. The maximum Gasteiger partial charge on any atom is 0.415 e. The summed E-state index contributed by atoms with van der Waals surface area (Å²) in [7, 11) is 3.55. The quantitative estimate of drug-likeness (QED) is 0.489. The molecule has 0 aromatic heterocycles. The minimum Gasteiger partial charge on any atom is -0.410 e. The first-order valence-corrected chi connectivity index (χ1v) is 10.9. The molecule has 6 nitrogen and oxygen atoms in total. The Labute approximate surface area is 180 Å². The van der Waals surface area contributed by atoms with Crippen molar-refractivity contribution in [3.05, 3.63) is 29.3 Å². The Morgan fingerprint density at radius 1 is 1.10 bits per heavy atom. The number of ether oxygens (including phenoxy) is 3. The fraction of sp³-hybridized carbons (Fsp3) is 0.682. The zero-order chi connectivity index (χ0) is 21.1. The van der Waals surface area contributed by atoms with Crippen LogP contribution in [0.3, 0.4) is 0 Å². The lowest BCUT2D eigenvalue weighted by Crippen LogP contribution is -2.42. The molecule has 0 bridgehead atoms. The van der Waals surface area contributed by atoms with Gasteiger partial charge in [-0.1, -0.05) is 18.5 Å². The number of amides is 1. The van der Waals surface area contributed by atoms with E-state index in [2.05, 4.69) is 11.8 Å². The molecule has 0 radical (unpaired) electrons. The summed E-state index contributed by atoms with van der Waals surface area (Å²) in [6.07, 6.45) is 4.82. The van der Waals surface area contributed by atoms with Crippen LogP contribution in [0.25, 0.3) is 0 Å². The van der Waals surface area contributed by atoms with Crippen molar-refractivity contribution in [3.63, 3.8) is 0 Å². The van der Waals surface area contributed by atoms with E-state index in [-0.39, 0.29) is 12.1 Å². The van der Waals surface area contributed by atoms with Crippen molar-refractivity contribution in [3.8, 4) is 5.75 Å². The van der Waals surface area contributed by atoms with Crippen molar-refractivity contribution in [2.45, 2.75) is 51.2 Å². The fourth-order valence-corrected chi connectivity index (χ4v) is 3.74. The standard InChI is InChI=1S/C22H35ClN2O4/c1-4-25(15-17-27-3)14-5-16-28-20-12-8-19(9-13-20)24(2)22(26)29-21-10-6-18(23)7-11-21/h6-7,10-11,19-20H,4-5,8-9,12-17H2,1-3H3/t19-,20-. The molecule has 1 aliphatic rings. The average molecular weight is 427 g/mol. The van der Waals surface area contributed by atoms with E-state index >= 15 is 0 Å². The van der Waals surface area contributed by atoms with Gasteiger partial charge in [-0.05, 0) is 62.9 Å². The van der Waals surface area contributed by atoms with Gasteiger partial charge in [0.15, 0.2) is 0 Å². The van der Waals surface area contributed by atoms with Crippen molar-refractivity contribution < 1.29 is 19.0 Å². The number of halogens is 1. The Balaban J connectivity index is 1.63. The second kappa shape index (κ2) is 13.1. The predicted octanol–water partition coefficient (Wildman–Crippen LogP) is 4.46.